The fourth-order valence-electron chi connectivity index (χ4n) is 3.15. The van der Waals surface area contributed by atoms with Gasteiger partial charge in [0.25, 0.3) is 5.91 Å². The van der Waals surface area contributed by atoms with Crippen LogP contribution in [-0.4, -0.2) is 24.1 Å². The Balaban J connectivity index is 1.57. The first-order valence-electron chi connectivity index (χ1n) is 8.12. The maximum atomic E-state index is 12.8. The molecule has 0 atom stereocenters. The highest BCUT2D eigenvalue weighted by Crippen LogP contribution is 2.33. The summed E-state index contributed by atoms with van der Waals surface area (Å²) in [5.74, 6) is 1.06. The van der Waals surface area contributed by atoms with Gasteiger partial charge in [0.2, 0.25) is 6.79 Å². The average molecular weight is 332 g/mol. The van der Waals surface area contributed by atoms with Crippen LogP contribution in [0, 0.1) is 11.3 Å². The second kappa shape index (κ2) is 6.33. The smallest absolute Gasteiger partial charge is 0.264 e. The summed E-state index contributed by atoms with van der Waals surface area (Å²) in [4.78, 5) is 14.5. The lowest BCUT2D eigenvalue weighted by molar-refractivity contribution is -0.127. The van der Waals surface area contributed by atoms with Crippen molar-refractivity contribution in [1.29, 1.82) is 5.26 Å². The van der Waals surface area contributed by atoms with Crippen molar-refractivity contribution in [2.45, 2.75) is 13.0 Å². The standard InChI is InChI=1S/C20H16N2O3/c21-11-17(9-14-5-6-18-19(10-14)25-13-24-18)20(23)22-8-7-15-3-1-2-4-16(15)12-22/h1-6,9-10H,7-8,12-13H2/b17-9+. The van der Waals surface area contributed by atoms with Gasteiger partial charge in [0.15, 0.2) is 11.5 Å². The second-order valence-electron chi connectivity index (χ2n) is 6.03. The molecule has 0 fully saturated rings. The van der Waals surface area contributed by atoms with Crippen LogP contribution in [-0.2, 0) is 17.8 Å². The molecule has 2 aliphatic rings. The van der Waals surface area contributed by atoms with Crippen LogP contribution in [0.25, 0.3) is 6.08 Å². The van der Waals surface area contributed by atoms with Crippen molar-refractivity contribution in [1.82, 2.24) is 4.90 Å². The number of ether oxygens (including phenoxy) is 2. The number of amides is 1. The molecule has 124 valence electrons. The first kappa shape index (κ1) is 15.3. The van der Waals surface area contributed by atoms with E-state index in [4.69, 9.17) is 9.47 Å². The van der Waals surface area contributed by atoms with E-state index in [9.17, 15) is 10.1 Å². The molecule has 0 N–H and O–H groups in total. The Bertz CT molecular complexity index is 911. The number of carbonyl (C=O) groups is 1. The summed E-state index contributed by atoms with van der Waals surface area (Å²) in [6.45, 7) is 1.35. The van der Waals surface area contributed by atoms with Crippen molar-refractivity contribution < 1.29 is 14.3 Å². The molecule has 5 heteroatoms. The fourth-order valence-corrected chi connectivity index (χ4v) is 3.15. The van der Waals surface area contributed by atoms with E-state index in [1.807, 2.05) is 30.3 Å². The zero-order chi connectivity index (χ0) is 17.2. The monoisotopic (exact) mass is 332 g/mol. The first-order valence-corrected chi connectivity index (χ1v) is 8.12. The van der Waals surface area contributed by atoms with Crippen LogP contribution < -0.4 is 9.47 Å². The predicted octanol–water partition coefficient (Wildman–Crippen LogP) is 2.91. The van der Waals surface area contributed by atoms with Crippen LogP contribution in [0.3, 0.4) is 0 Å². The number of nitrogens with zero attached hydrogens (tertiary/aromatic N) is 2. The molecular weight excluding hydrogens is 316 g/mol. The molecule has 2 aromatic carbocycles. The van der Waals surface area contributed by atoms with Gasteiger partial charge in [-0.1, -0.05) is 30.3 Å². The maximum Gasteiger partial charge on any atom is 0.264 e. The van der Waals surface area contributed by atoms with E-state index in [-0.39, 0.29) is 18.3 Å². The van der Waals surface area contributed by atoms with Crippen molar-refractivity contribution in [3.63, 3.8) is 0 Å². The predicted molar refractivity (Wildman–Crippen MR) is 91.7 cm³/mol. The number of rotatable bonds is 2. The zero-order valence-electron chi connectivity index (χ0n) is 13.6. The van der Waals surface area contributed by atoms with Crippen molar-refractivity contribution >= 4 is 12.0 Å². The molecule has 25 heavy (non-hydrogen) atoms. The van der Waals surface area contributed by atoms with Gasteiger partial charge in [-0.15, -0.1) is 0 Å². The van der Waals surface area contributed by atoms with Crippen molar-refractivity contribution in [2.75, 3.05) is 13.3 Å². The lowest BCUT2D eigenvalue weighted by Gasteiger charge is -2.28. The average Bonchev–Trinajstić information content (AvgIpc) is 3.13. The molecule has 0 saturated carbocycles. The fraction of sp³-hybridized carbons (Fsp3) is 0.200. The van der Waals surface area contributed by atoms with Crippen molar-refractivity contribution in [3.8, 4) is 17.6 Å². The number of nitriles is 1. The lowest BCUT2D eigenvalue weighted by atomic mass is 9.99. The van der Waals surface area contributed by atoms with E-state index < -0.39 is 0 Å². The molecule has 0 unspecified atom stereocenters. The molecule has 2 aromatic rings. The molecule has 2 aliphatic heterocycles. The minimum Gasteiger partial charge on any atom is -0.454 e. The van der Waals surface area contributed by atoms with Crippen LogP contribution in [0.5, 0.6) is 11.5 Å². The number of hydrogen-bond donors (Lipinski definition) is 0. The zero-order valence-corrected chi connectivity index (χ0v) is 13.6. The van der Waals surface area contributed by atoms with E-state index in [0.29, 0.717) is 24.6 Å². The molecule has 0 spiro atoms. The summed E-state index contributed by atoms with van der Waals surface area (Å²) in [6, 6.07) is 15.5. The van der Waals surface area contributed by atoms with Crippen molar-refractivity contribution in [2.24, 2.45) is 0 Å². The Hall–Kier alpha value is -3.26. The van der Waals surface area contributed by atoms with Crippen LogP contribution in [0.15, 0.2) is 48.0 Å². The number of carbonyl (C=O) groups excluding carboxylic acids is 1. The minimum atomic E-state index is -0.241. The third-order valence-corrected chi connectivity index (χ3v) is 4.48. The highest BCUT2D eigenvalue weighted by Gasteiger charge is 2.23. The Kier molecular flexibility index (Phi) is 3.87. The molecule has 0 aliphatic carbocycles. The quantitative estimate of drug-likeness (QED) is 0.627. The van der Waals surface area contributed by atoms with E-state index in [1.165, 1.54) is 5.56 Å². The SMILES string of the molecule is N#C/C(=C\c1ccc2c(c1)OCO2)C(=O)N1CCc2ccccc2C1. The molecule has 0 aromatic heterocycles. The molecular formula is C20H16N2O3. The second-order valence-corrected chi connectivity index (χ2v) is 6.03. The highest BCUT2D eigenvalue weighted by atomic mass is 16.7. The van der Waals surface area contributed by atoms with Gasteiger partial charge in [0.05, 0.1) is 0 Å². The largest absolute Gasteiger partial charge is 0.454 e. The molecule has 5 nitrogen and oxygen atoms in total. The van der Waals surface area contributed by atoms with Gasteiger partial charge in [0.1, 0.15) is 11.6 Å². The number of fused-ring (bicyclic) bond motifs is 2. The van der Waals surface area contributed by atoms with Gasteiger partial charge in [-0.05, 0) is 41.3 Å². The molecule has 0 bridgehead atoms. The van der Waals surface area contributed by atoms with Crippen LogP contribution in [0.4, 0.5) is 0 Å². The molecule has 2 heterocycles. The van der Waals surface area contributed by atoms with Crippen LogP contribution >= 0.6 is 0 Å². The first-order chi connectivity index (χ1) is 12.2. The van der Waals surface area contributed by atoms with Crippen LogP contribution in [0.1, 0.15) is 16.7 Å². The van der Waals surface area contributed by atoms with Gasteiger partial charge in [0, 0.05) is 13.1 Å². The topological polar surface area (TPSA) is 62.6 Å². The summed E-state index contributed by atoms with van der Waals surface area (Å²) in [7, 11) is 0. The Morgan fingerprint density at radius 2 is 1.92 bits per heavy atom. The molecule has 1 amide bonds. The van der Waals surface area contributed by atoms with Gasteiger partial charge in [-0.25, -0.2) is 0 Å². The lowest BCUT2D eigenvalue weighted by Crippen LogP contribution is -2.36. The van der Waals surface area contributed by atoms with E-state index in [2.05, 4.69) is 6.07 Å². The summed E-state index contributed by atoms with van der Waals surface area (Å²) in [6.07, 6.45) is 2.41. The van der Waals surface area contributed by atoms with Crippen molar-refractivity contribution in [3.05, 3.63) is 64.7 Å². The van der Waals surface area contributed by atoms with Gasteiger partial charge in [-0.3, -0.25) is 4.79 Å². The molecule has 4 rings (SSSR count). The number of hydrogen-bond acceptors (Lipinski definition) is 4. The minimum absolute atomic E-state index is 0.123. The Morgan fingerprint density at radius 1 is 1.12 bits per heavy atom. The Labute approximate surface area is 145 Å². The van der Waals surface area contributed by atoms with E-state index in [0.717, 1.165) is 17.5 Å². The molecule has 0 saturated heterocycles. The highest BCUT2D eigenvalue weighted by molar-refractivity contribution is 6.01. The summed E-state index contributed by atoms with van der Waals surface area (Å²) in [5, 5.41) is 9.46. The van der Waals surface area contributed by atoms with Gasteiger partial charge >= 0.3 is 0 Å². The summed E-state index contributed by atoms with van der Waals surface area (Å²) < 4.78 is 10.6. The summed E-state index contributed by atoms with van der Waals surface area (Å²) >= 11 is 0. The third kappa shape index (κ3) is 2.94. The van der Waals surface area contributed by atoms with E-state index >= 15 is 0 Å². The normalized spacial score (nSPS) is 15.5. The number of benzene rings is 2. The van der Waals surface area contributed by atoms with E-state index in [1.54, 1.807) is 23.1 Å². The van der Waals surface area contributed by atoms with Gasteiger partial charge in [-0.2, -0.15) is 5.26 Å². The van der Waals surface area contributed by atoms with Gasteiger partial charge < -0.3 is 14.4 Å². The summed E-state index contributed by atoms with van der Waals surface area (Å²) in [5.41, 5.74) is 3.28. The Morgan fingerprint density at radius 3 is 2.76 bits per heavy atom. The maximum absolute atomic E-state index is 12.8. The molecule has 0 radical (unpaired) electrons. The third-order valence-electron chi connectivity index (χ3n) is 4.48. The van der Waals surface area contributed by atoms with Crippen LogP contribution in [0.2, 0.25) is 0 Å².